The standard InChI is InChI=1S/C16H15BrF3N/c1-2-21-15(12-4-3-5-14(19)16(12)20)9-10-8-11(18)6-7-13(10)17/h3-8,15,21H,2,9H2,1H3. The van der Waals surface area contributed by atoms with E-state index in [4.69, 9.17) is 0 Å². The van der Waals surface area contributed by atoms with Crippen molar-refractivity contribution in [3.63, 3.8) is 0 Å². The molecule has 0 spiro atoms. The van der Waals surface area contributed by atoms with Crippen molar-refractivity contribution < 1.29 is 13.2 Å². The highest BCUT2D eigenvalue weighted by Gasteiger charge is 2.19. The van der Waals surface area contributed by atoms with Crippen molar-refractivity contribution in [2.75, 3.05) is 6.54 Å². The number of rotatable bonds is 5. The summed E-state index contributed by atoms with van der Waals surface area (Å²) in [6.07, 6.45) is 0.354. The third-order valence-electron chi connectivity index (χ3n) is 3.24. The number of hydrogen-bond donors (Lipinski definition) is 1. The molecule has 0 fully saturated rings. The summed E-state index contributed by atoms with van der Waals surface area (Å²) in [5.41, 5.74) is 0.942. The van der Waals surface area contributed by atoms with Crippen LogP contribution < -0.4 is 5.32 Å². The van der Waals surface area contributed by atoms with Crippen LogP contribution in [-0.2, 0) is 6.42 Å². The van der Waals surface area contributed by atoms with E-state index in [1.807, 2.05) is 6.92 Å². The van der Waals surface area contributed by atoms with E-state index in [1.54, 1.807) is 12.1 Å². The van der Waals surface area contributed by atoms with Crippen molar-refractivity contribution in [3.05, 3.63) is 69.4 Å². The molecule has 1 atom stereocenters. The van der Waals surface area contributed by atoms with E-state index >= 15 is 0 Å². The Labute approximate surface area is 130 Å². The normalized spacial score (nSPS) is 12.4. The zero-order valence-corrected chi connectivity index (χ0v) is 13.1. The highest BCUT2D eigenvalue weighted by Crippen LogP contribution is 2.27. The first-order chi connectivity index (χ1) is 10.0. The minimum Gasteiger partial charge on any atom is -0.310 e. The maximum Gasteiger partial charge on any atom is 0.163 e. The van der Waals surface area contributed by atoms with E-state index in [1.165, 1.54) is 18.2 Å². The molecule has 0 aromatic heterocycles. The lowest BCUT2D eigenvalue weighted by atomic mass is 9.98. The summed E-state index contributed by atoms with van der Waals surface area (Å²) in [5.74, 6) is -2.10. The van der Waals surface area contributed by atoms with Crippen LogP contribution in [0.25, 0.3) is 0 Å². The molecule has 1 unspecified atom stereocenters. The van der Waals surface area contributed by atoms with E-state index < -0.39 is 17.7 Å². The second kappa shape index (κ2) is 7.09. The lowest BCUT2D eigenvalue weighted by Gasteiger charge is -2.20. The molecule has 0 radical (unpaired) electrons. The Kier molecular flexibility index (Phi) is 5.42. The molecule has 0 heterocycles. The summed E-state index contributed by atoms with van der Waals surface area (Å²) in [6.45, 7) is 2.47. The number of hydrogen-bond acceptors (Lipinski definition) is 1. The minimum absolute atomic E-state index is 0.244. The summed E-state index contributed by atoms with van der Waals surface area (Å²) >= 11 is 3.35. The van der Waals surface area contributed by atoms with Crippen molar-refractivity contribution in [2.45, 2.75) is 19.4 Å². The Hall–Kier alpha value is -1.33. The summed E-state index contributed by atoms with van der Waals surface area (Å²) < 4.78 is 41.4. The van der Waals surface area contributed by atoms with Crippen molar-refractivity contribution in [1.82, 2.24) is 5.32 Å². The Bertz CT molecular complexity index is 631. The Balaban J connectivity index is 2.35. The Morgan fingerprint density at radius 3 is 2.62 bits per heavy atom. The molecule has 0 saturated heterocycles. The summed E-state index contributed by atoms with van der Waals surface area (Å²) in [4.78, 5) is 0. The maximum atomic E-state index is 14.0. The predicted molar refractivity (Wildman–Crippen MR) is 80.6 cm³/mol. The molecule has 0 amide bonds. The van der Waals surface area contributed by atoms with Crippen molar-refractivity contribution in [3.8, 4) is 0 Å². The van der Waals surface area contributed by atoms with E-state index in [-0.39, 0.29) is 11.4 Å². The molecule has 0 bridgehead atoms. The van der Waals surface area contributed by atoms with Crippen LogP contribution >= 0.6 is 15.9 Å². The first-order valence-electron chi connectivity index (χ1n) is 6.64. The van der Waals surface area contributed by atoms with Gasteiger partial charge in [-0.25, -0.2) is 13.2 Å². The van der Waals surface area contributed by atoms with E-state index in [0.717, 1.165) is 10.5 Å². The summed E-state index contributed by atoms with van der Waals surface area (Å²) in [7, 11) is 0. The SMILES string of the molecule is CCNC(Cc1cc(F)ccc1Br)c1cccc(F)c1F. The van der Waals surface area contributed by atoms with Gasteiger partial charge in [0.05, 0.1) is 0 Å². The summed E-state index contributed by atoms with van der Waals surface area (Å²) in [5, 5.41) is 3.11. The Morgan fingerprint density at radius 2 is 1.90 bits per heavy atom. The molecular weight excluding hydrogens is 343 g/mol. The average molecular weight is 358 g/mol. The third-order valence-corrected chi connectivity index (χ3v) is 4.01. The van der Waals surface area contributed by atoms with Crippen LogP contribution in [0.3, 0.4) is 0 Å². The molecule has 2 aromatic rings. The lowest BCUT2D eigenvalue weighted by Crippen LogP contribution is -2.24. The number of halogens is 4. The van der Waals surface area contributed by atoms with Crippen LogP contribution in [0.4, 0.5) is 13.2 Å². The van der Waals surface area contributed by atoms with Gasteiger partial charge in [-0.3, -0.25) is 0 Å². The first-order valence-corrected chi connectivity index (χ1v) is 7.43. The molecule has 2 rings (SSSR count). The molecular formula is C16H15BrF3N. The van der Waals surface area contributed by atoms with E-state index in [2.05, 4.69) is 21.2 Å². The van der Waals surface area contributed by atoms with Crippen molar-refractivity contribution >= 4 is 15.9 Å². The van der Waals surface area contributed by atoms with Crippen LogP contribution in [-0.4, -0.2) is 6.54 Å². The van der Waals surface area contributed by atoms with Gasteiger partial charge in [-0.2, -0.15) is 0 Å². The molecule has 21 heavy (non-hydrogen) atoms. The third kappa shape index (κ3) is 3.86. The van der Waals surface area contributed by atoms with E-state index in [9.17, 15) is 13.2 Å². The number of nitrogens with one attached hydrogen (secondary N) is 1. The van der Waals surface area contributed by atoms with E-state index in [0.29, 0.717) is 18.5 Å². The van der Waals surface area contributed by atoms with Gasteiger partial charge in [0.1, 0.15) is 5.82 Å². The highest BCUT2D eigenvalue weighted by atomic mass is 79.9. The van der Waals surface area contributed by atoms with Gasteiger partial charge in [0.25, 0.3) is 0 Å². The maximum absolute atomic E-state index is 14.0. The molecule has 2 aromatic carbocycles. The molecule has 0 aliphatic carbocycles. The second-order valence-corrected chi connectivity index (χ2v) is 5.55. The molecule has 0 saturated carbocycles. The fourth-order valence-corrected chi connectivity index (χ4v) is 2.66. The van der Waals surface area contributed by atoms with Crippen LogP contribution in [0.1, 0.15) is 24.1 Å². The van der Waals surface area contributed by atoms with Crippen LogP contribution in [0.15, 0.2) is 40.9 Å². The molecule has 0 aliphatic heterocycles. The van der Waals surface area contributed by atoms with Gasteiger partial charge in [-0.15, -0.1) is 0 Å². The highest BCUT2D eigenvalue weighted by molar-refractivity contribution is 9.10. The fraction of sp³-hybridized carbons (Fsp3) is 0.250. The van der Waals surface area contributed by atoms with Gasteiger partial charge in [0, 0.05) is 16.1 Å². The number of benzene rings is 2. The van der Waals surface area contributed by atoms with Crippen LogP contribution in [0, 0.1) is 17.5 Å². The van der Waals surface area contributed by atoms with Crippen molar-refractivity contribution in [1.29, 1.82) is 0 Å². The van der Waals surface area contributed by atoms with Gasteiger partial charge in [-0.1, -0.05) is 35.0 Å². The minimum atomic E-state index is -0.881. The van der Waals surface area contributed by atoms with Crippen molar-refractivity contribution in [2.24, 2.45) is 0 Å². The van der Waals surface area contributed by atoms with Gasteiger partial charge < -0.3 is 5.32 Å². The smallest absolute Gasteiger partial charge is 0.163 e. The molecule has 112 valence electrons. The largest absolute Gasteiger partial charge is 0.310 e. The van der Waals surface area contributed by atoms with Gasteiger partial charge >= 0.3 is 0 Å². The lowest BCUT2D eigenvalue weighted by molar-refractivity contribution is 0.463. The van der Waals surface area contributed by atoms with Gasteiger partial charge in [0.2, 0.25) is 0 Å². The predicted octanol–water partition coefficient (Wildman–Crippen LogP) is 4.76. The van der Waals surface area contributed by atoms with Crippen LogP contribution in [0.2, 0.25) is 0 Å². The molecule has 1 nitrogen and oxygen atoms in total. The summed E-state index contributed by atoms with van der Waals surface area (Å²) in [6, 6.07) is 8.01. The monoisotopic (exact) mass is 357 g/mol. The zero-order chi connectivity index (χ0) is 15.4. The Morgan fingerprint density at radius 1 is 1.14 bits per heavy atom. The van der Waals surface area contributed by atoms with Crippen LogP contribution in [0.5, 0.6) is 0 Å². The average Bonchev–Trinajstić information content (AvgIpc) is 2.45. The molecule has 5 heteroatoms. The number of likely N-dealkylation sites (N-methyl/N-ethyl adjacent to an activating group) is 1. The fourth-order valence-electron chi connectivity index (χ4n) is 2.25. The molecule has 1 N–H and O–H groups in total. The second-order valence-electron chi connectivity index (χ2n) is 4.69. The van der Waals surface area contributed by atoms with Gasteiger partial charge in [-0.05, 0) is 42.8 Å². The zero-order valence-electron chi connectivity index (χ0n) is 11.5. The topological polar surface area (TPSA) is 12.0 Å². The van der Waals surface area contributed by atoms with Gasteiger partial charge in [0.15, 0.2) is 11.6 Å². The quantitative estimate of drug-likeness (QED) is 0.813. The first kappa shape index (κ1) is 16.0. The molecule has 0 aliphatic rings.